The summed E-state index contributed by atoms with van der Waals surface area (Å²) in [7, 11) is -2.83. The zero-order valence-corrected chi connectivity index (χ0v) is 9.82. The molecule has 0 aromatic carbocycles. The highest BCUT2D eigenvalue weighted by molar-refractivity contribution is 7.90. The van der Waals surface area contributed by atoms with Crippen LogP contribution in [0.4, 0.5) is 0 Å². The predicted octanol–water partition coefficient (Wildman–Crippen LogP) is 1.18. The molecule has 0 amide bonds. The first-order valence-electron chi connectivity index (χ1n) is 4.56. The van der Waals surface area contributed by atoms with Crippen molar-refractivity contribution in [2.24, 2.45) is 11.1 Å². The lowest BCUT2D eigenvalue weighted by Crippen LogP contribution is -2.26. The van der Waals surface area contributed by atoms with Gasteiger partial charge >= 0.3 is 0 Å². The van der Waals surface area contributed by atoms with Gasteiger partial charge in [0, 0.05) is 12.3 Å². The maximum absolute atomic E-state index is 10.9. The molecule has 0 bridgehead atoms. The highest BCUT2D eigenvalue weighted by Crippen LogP contribution is 2.26. The maximum Gasteiger partial charge on any atom is 0.147 e. The molecule has 0 saturated carbocycles. The van der Waals surface area contributed by atoms with Crippen LogP contribution in [0.5, 0.6) is 0 Å². The van der Waals surface area contributed by atoms with Crippen molar-refractivity contribution in [2.45, 2.75) is 39.7 Å². The Labute approximate surface area is 81.6 Å². The monoisotopic (exact) mass is 207 g/mol. The van der Waals surface area contributed by atoms with Gasteiger partial charge in [-0.2, -0.15) is 0 Å². The van der Waals surface area contributed by atoms with Crippen LogP contribution >= 0.6 is 0 Å². The summed E-state index contributed by atoms with van der Waals surface area (Å²) in [5, 5.41) is 0. The Bertz CT molecular complexity index is 242. The molecule has 4 heteroatoms. The lowest BCUT2D eigenvalue weighted by molar-refractivity contribution is 0.301. The Morgan fingerprint density at radius 3 is 2.15 bits per heavy atom. The molecule has 1 unspecified atom stereocenters. The van der Waals surface area contributed by atoms with Crippen LogP contribution in [0.2, 0.25) is 0 Å². The highest BCUT2D eigenvalue weighted by atomic mass is 32.2. The molecular weight excluding hydrogens is 186 g/mol. The molecule has 0 fully saturated rings. The van der Waals surface area contributed by atoms with Crippen molar-refractivity contribution in [2.75, 3.05) is 12.0 Å². The largest absolute Gasteiger partial charge is 0.328 e. The molecule has 2 N–H and O–H groups in total. The zero-order valence-electron chi connectivity index (χ0n) is 9.00. The Balaban J connectivity index is 4.04. The van der Waals surface area contributed by atoms with Gasteiger partial charge in [0.1, 0.15) is 9.84 Å². The second kappa shape index (κ2) is 4.42. The molecule has 0 heterocycles. The van der Waals surface area contributed by atoms with Gasteiger partial charge in [-0.1, -0.05) is 13.8 Å². The van der Waals surface area contributed by atoms with Crippen molar-refractivity contribution in [1.82, 2.24) is 0 Å². The van der Waals surface area contributed by atoms with E-state index < -0.39 is 9.84 Å². The van der Waals surface area contributed by atoms with E-state index in [9.17, 15) is 8.42 Å². The van der Waals surface area contributed by atoms with E-state index in [1.54, 1.807) is 0 Å². The summed E-state index contributed by atoms with van der Waals surface area (Å²) in [5.74, 6) is 0.257. The van der Waals surface area contributed by atoms with Crippen molar-refractivity contribution in [3.8, 4) is 0 Å². The smallest absolute Gasteiger partial charge is 0.147 e. The van der Waals surface area contributed by atoms with E-state index in [1.807, 2.05) is 6.92 Å². The van der Waals surface area contributed by atoms with Crippen molar-refractivity contribution in [3.05, 3.63) is 0 Å². The van der Waals surface area contributed by atoms with Gasteiger partial charge in [-0.3, -0.25) is 0 Å². The predicted molar refractivity (Wildman–Crippen MR) is 56.4 cm³/mol. The number of rotatable bonds is 5. The fraction of sp³-hybridized carbons (Fsp3) is 1.00. The van der Waals surface area contributed by atoms with Crippen LogP contribution in [0.3, 0.4) is 0 Å². The number of hydrogen-bond acceptors (Lipinski definition) is 3. The van der Waals surface area contributed by atoms with E-state index in [4.69, 9.17) is 5.73 Å². The SMILES string of the molecule is CC(N)CC(C)(C)CCS(C)(=O)=O. The van der Waals surface area contributed by atoms with Crippen LogP contribution in [0.25, 0.3) is 0 Å². The molecule has 0 spiro atoms. The topological polar surface area (TPSA) is 60.2 Å². The summed E-state index contributed by atoms with van der Waals surface area (Å²) in [4.78, 5) is 0. The Morgan fingerprint density at radius 2 is 1.85 bits per heavy atom. The molecule has 0 aromatic heterocycles. The van der Waals surface area contributed by atoms with Gasteiger partial charge in [0.25, 0.3) is 0 Å². The van der Waals surface area contributed by atoms with Crippen LogP contribution in [-0.4, -0.2) is 26.5 Å². The summed E-state index contributed by atoms with van der Waals surface area (Å²) >= 11 is 0. The summed E-state index contributed by atoms with van der Waals surface area (Å²) in [6.45, 7) is 6.06. The molecule has 0 aliphatic heterocycles. The first-order valence-corrected chi connectivity index (χ1v) is 6.62. The van der Waals surface area contributed by atoms with Crippen molar-refractivity contribution >= 4 is 9.84 Å². The molecule has 0 rings (SSSR count). The van der Waals surface area contributed by atoms with Crippen molar-refractivity contribution in [1.29, 1.82) is 0 Å². The summed E-state index contributed by atoms with van der Waals surface area (Å²) < 4.78 is 21.9. The number of hydrogen-bond donors (Lipinski definition) is 1. The van der Waals surface area contributed by atoms with Gasteiger partial charge in [0.15, 0.2) is 0 Å². The molecule has 0 saturated heterocycles. The van der Waals surface area contributed by atoms with Crippen LogP contribution in [0, 0.1) is 5.41 Å². The summed E-state index contributed by atoms with van der Waals surface area (Å²) in [6, 6.07) is 0.134. The minimum absolute atomic E-state index is 0.0250. The Morgan fingerprint density at radius 1 is 1.38 bits per heavy atom. The van der Waals surface area contributed by atoms with Gasteiger partial charge in [0.05, 0.1) is 5.75 Å². The quantitative estimate of drug-likeness (QED) is 0.736. The van der Waals surface area contributed by atoms with E-state index in [2.05, 4.69) is 13.8 Å². The van der Waals surface area contributed by atoms with Crippen molar-refractivity contribution < 1.29 is 8.42 Å². The molecule has 13 heavy (non-hydrogen) atoms. The maximum atomic E-state index is 10.9. The van der Waals surface area contributed by atoms with Gasteiger partial charge in [0.2, 0.25) is 0 Å². The molecule has 80 valence electrons. The normalized spacial score (nSPS) is 15.8. The third-order valence-corrected chi connectivity index (χ3v) is 2.97. The molecule has 1 atom stereocenters. The molecule has 0 aliphatic rings. The van der Waals surface area contributed by atoms with Gasteiger partial charge < -0.3 is 5.73 Å². The van der Waals surface area contributed by atoms with Gasteiger partial charge in [-0.15, -0.1) is 0 Å². The third-order valence-electron chi connectivity index (χ3n) is 2.02. The van der Waals surface area contributed by atoms with E-state index >= 15 is 0 Å². The van der Waals surface area contributed by atoms with Crippen molar-refractivity contribution in [3.63, 3.8) is 0 Å². The minimum Gasteiger partial charge on any atom is -0.328 e. The van der Waals surface area contributed by atoms with Gasteiger partial charge in [-0.25, -0.2) is 8.42 Å². The van der Waals surface area contributed by atoms with E-state index in [0.717, 1.165) is 6.42 Å². The average Bonchev–Trinajstić information content (AvgIpc) is 1.79. The third kappa shape index (κ3) is 8.25. The molecule has 0 aromatic rings. The standard InChI is InChI=1S/C9H21NO2S/c1-8(10)7-9(2,3)5-6-13(4,11)12/h8H,5-7,10H2,1-4H3. The lowest BCUT2D eigenvalue weighted by Gasteiger charge is -2.26. The highest BCUT2D eigenvalue weighted by Gasteiger charge is 2.21. The molecular formula is C9H21NO2S. The molecule has 0 radical (unpaired) electrons. The first-order chi connectivity index (χ1) is 5.62. The van der Waals surface area contributed by atoms with Crippen LogP contribution in [0.1, 0.15) is 33.6 Å². The van der Waals surface area contributed by atoms with Crippen LogP contribution in [-0.2, 0) is 9.84 Å². The van der Waals surface area contributed by atoms with Crippen LogP contribution < -0.4 is 5.73 Å². The molecule has 3 nitrogen and oxygen atoms in total. The fourth-order valence-corrected chi connectivity index (χ4v) is 2.36. The van der Waals surface area contributed by atoms with Gasteiger partial charge in [-0.05, 0) is 25.2 Å². The minimum atomic E-state index is -2.83. The Kier molecular flexibility index (Phi) is 4.39. The Hall–Kier alpha value is -0.0900. The average molecular weight is 207 g/mol. The van der Waals surface area contributed by atoms with E-state index in [-0.39, 0.29) is 17.2 Å². The number of sulfone groups is 1. The number of nitrogens with two attached hydrogens (primary N) is 1. The summed E-state index contributed by atoms with van der Waals surface area (Å²) in [5.41, 5.74) is 5.69. The second-order valence-electron chi connectivity index (χ2n) is 4.73. The molecule has 0 aliphatic carbocycles. The fourth-order valence-electron chi connectivity index (χ4n) is 1.44. The van der Waals surface area contributed by atoms with E-state index in [0.29, 0.717) is 6.42 Å². The van der Waals surface area contributed by atoms with E-state index in [1.165, 1.54) is 6.26 Å². The lowest BCUT2D eigenvalue weighted by atomic mass is 9.84. The first kappa shape index (κ1) is 12.9. The van der Waals surface area contributed by atoms with Crippen LogP contribution in [0.15, 0.2) is 0 Å². The zero-order chi connectivity index (χ0) is 10.7. The summed E-state index contributed by atoms with van der Waals surface area (Å²) in [6.07, 6.45) is 2.82. The second-order valence-corrected chi connectivity index (χ2v) is 6.99.